The lowest BCUT2D eigenvalue weighted by Crippen LogP contribution is -2.24. The van der Waals surface area contributed by atoms with E-state index in [1.54, 1.807) is 19.3 Å². The van der Waals surface area contributed by atoms with Crippen LogP contribution >= 0.6 is 15.9 Å². The molecule has 0 saturated heterocycles. The quantitative estimate of drug-likeness (QED) is 0.850. The fourth-order valence-electron chi connectivity index (χ4n) is 1.06. The number of aromatic nitrogens is 1. The van der Waals surface area contributed by atoms with E-state index in [2.05, 4.69) is 26.2 Å². The van der Waals surface area contributed by atoms with Crippen molar-refractivity contribution in [1.82, 2.24) is 4.98 Å². The molecule has 0 fully saturated rings. The Hall–Kier alpha value is -1.10. The number of halogens is 1. The Morgan fingerprint density at radius 2 is 2.12 bits per heavy atom. The minimum absolute atomic E-state index is 0.363. The molecule has 0 radical (unpaired) electrons. The van der Waals surface area contributed by atoms with Gasteiger partial charge in [-0.1, -0.05) is 0 Å². The van der Waals surface area contributed by atoms with E-state index in [9.17, 15) is 4.79 Å². The summed E-state index contributed by atoms with van der Waals surface area (Å²) >= 11 is 3.28. The molecule has 1 heterocycles. The van der Waals surface area contributed by atoms with E-state index in [0.29, 0.717) is 15.9 Å². The van der Waals surface area contributed by atoms with Crippen LogP contribution in [0.1, 0.15) is 31.1 Å². The molecule has 0 aliphatic carbocycles. The first-order valence-corrected chi connectivity index (χ1v) is 5.69. The molecule has 1 N–H and O–H groups in total. The highest BCUT2D eigenvalue weighted by Crippen LogP contribution is 2.21. The van der Waals surface area contributed by atoms with Gasteiger partial charge in [-0.25, -0.2) is 9.78 Å². The van der Waals surface area contributed by atoms with Gasteiger partial charge in [0, 0.05) is 13.2 Å². The van der Waals surface area contributed by atoms with Crippen molar-refractivity contribution in [2.75, 3.05) is 12.4 Å². The Morgan fingerprint density at radius 3 is 2.62 bits per heavy atom. The van der Waals surface area contributed by atoms with Crippen LogP contribution in [-0.4, -0.2) is 23.6 Å². The fourth-order valence-corrected chi connectivity index (χ4v) is 1.44. The van der Waals surface area contributed by atoms with Crippen LogP contribution in [-0.2, 0) is 4.74 Å². The molecule has 1 rings (SSSR count). The number of esters is 1. The van der Waals surface area contributed by atoms with Crippen molar-refractivity contribution in [3.8, 4) is 0 Å². The third-order valence-electron chi connectivity index (χ3n) is 1.73. The van der Waals surface area contributed by atoms with Crippen LogP contribution in [0.25, 0.3) is 0 Å². The largest absolute Gasteiger partial charge is 0.456 e. The van der Waals surface area contributed by atoms with Crippen LogP contribution in [0, 0.1) is 0 Å². The summed E-state index contributed by atoms with van der Waals surface area (Å²) in [5, 5.41) is 2.87. The summed E-state index contributed by atoms with van der Waals surface area (Å²) in [4.78, 5) is 15.9. The van der Waals surface area contributed by atoms with Gasteiger partial charge >= 0.3 is 5.97 Å². The molecule has 1 aromatic heterocycles. The van der Waals surface area contributed by atoms with Crippen molar-refractivity contribution in [3.63, 3.8) is 0 Å². The maximum Gasteiger partial charge on any atom is 0.339 e. The summed E-state index contributed by atoms with van der Waals surface area (Å²) in [6.45, 7) is 5.50. The standard InChI is InChI=1S/C11H15BrN2O2/c1-11(2,3)16-10(15)7-5-9(13-4)14-6-8(7)12/h5-6H,1-4H3,(H,13,14). The SMILES string of the molecule is CNc1cc(C(=O)OC(C)(C)C)c(Br)cn1. The molecule has 1 aromatic rings. The number of carbonyl (C=O) groups excluding carboxylic acids is 1. The molecule has 88 valence electrons. The van der Waals surface area contributed by atoms with Crippen molar-refractivity contribution >= 4 is 27.7 Å². The van der Waals surface area contributed by atoms with E-state index in [0.717, 1.165) is 0 Å². The maximum absolute atomic E-state index is 11.8. The van der Waals surface area contributed by atoms with Crippen molar-refractivity contribution in [3.05, 3.63) is 22.3 Å². The molecule has 0 amide bonds. The normalized spacial score (nSPS) is 11.1. The first kappa shape index (κ1) is 13.0. The zero-order valence-corrected chi connectivity index (χ0v) is 11.4. The number of pyridine rings is 1. The number of ether oxygens (including phenoxy) is 1. The summed E-state index contributed by atoms with van der Waals surface area (Å²) in [7, 11) is 1.75. The highest BCUT2D eigenvalue weighted by Gasteiger charge is 2.20. The van der Waals surface area contributed by atoms with Crippen LogP contribution in [0.2, 0.25) is 0 Å². The second kappa shape index (κ2) is 4.82. The molecule has 0 aromatic carbocycles. The van der Waals surface area contributed by atoms with Gasteiger partial charge in [-0.2, -0.15) is 0 Å². The zero-order chi connectivity index (χ0) is 12.3. The predicted octanol–water partition coefficient (Wildman–Crippen LogP) is 2.84. The number of anilines is 1. The lowest BCUT2D eigenvalue weighted by atomic mass is 10.2. The van der Waals surface area contributed by atoms with Gasteiger partial charge in [-0.05, 0) is 42.8 Å². The summed E-state index contributed by atoms with van der Waals surface area (Å²) < 4.78 is 5.91. The number of hydrogen-bond acceptors (Lipinski definition) is 4. The zero-order valence-electron chi connectivity index (χ0n) is 9.80. The van der Waals surface area contributed by atoms with E-state index >= 15 is 0 Å². The highest BCUT2D eigenvalue weighted by molar-refractivity contribution is 9.10. The molecule has 0 bridgehead atoms. The number of hydrogen-bond donors (Lipinski definition) is 1. The third-order valence-corrected chi connectivity index (χ3v) is 2.36. The van der Waals surface area contributed by atoms with E-state index in [-0.39, 0.29) is 5.97 Å². The number of rotatable bonds is 2. The van der Waals surface area contributed by atoms with Crippen molar-refractivity contribution in [2.24, 2.45) is 0 Å². The predicted molar refractivity (Wildman–Crippen MR) is 66.7 cm³/mol. The first-order chi connectivity index (χ1) is 7.33. The molecule has 0 unspecified atom stereocenters. The van der Waals surface area contributed by atoms with Crippen LogP contribution in [0.5, 0.6) is 0 Å². The molecule has 4 nitrogen and oxygen atoms in total. The number of carbonyl (C=O) groups is 1. The topological polar surface area (TPSA) is 51.2 Å². The molecular formula is C11H15BrN2O2. The smallest absolute Gasteiger partial charge is 0.339 e. The van der Waals surface area contributed by atoms with Gasteiger partial charge in [0.25, 0.3) is 0 Å². The highest BCUT2D eigenvalue weighted by atomic mass is 79.9. The van der Waals surface area contributed by atoms with Crippen molar-refractivity contribution < 1.29 is 9.53 Å². The Bertz CT molecular complexity index is 399. The van der Waals surface area contributed by atoms with Gasteiger partial charge < -0.3 is 10.1 Å². The third kappa shape index (κ3) is 3.48. The average molecular weight is 287 g/mol. The summed E-state index contributed by atoms with van der Waals surface area (Å²) in [6, 6.07) is 1.65. The van der Waals surface area contributed by atoms with Crippen molar-refractivity contribution in [1.29, 1.82) is 0 Å². The Balaban J connectivity index is 2.98. The number of nitrogens with zero attached hydrogens (tertiary/aromatic N) is 1. The monoisotopic (exact) mass is 286 g/mol. The van der Waals surface area contributed by atoms with Crippen LogP contribution in [0.3, 0.4) is 0 Å². The van der Waals surface area contributed by atoms with E-state index in [1.165, 1.54) is 0 Å². The molecule has 0 atom stereocenters. The van der Waals surface area contributed by atoms with Crippen LogP contribution < -0.4 is 5.32 Å². The molecule has 0 saturated carbocycles. The Morgan fingerprint density at radius 1 is 1.50 bits per heavy atom. The Kier molecular flexibility index (Phi) is 3.91. The average Bonchev–Trinajstić information content (AvgIpc) is 2.15. The van der Waals surface area contributed by atoms with E-state index in [4.69, 9.17) is 4.74 Å². The van der Waals surface area contributed by atoms with Crippen LogP contribution in [0.4, 0.5) is 5.82 Å². The minimum atomic E-state index is -0.500. The van der Waals surface area contributed by atoms with Crippen LogP contribution in [0.15, 0.2) is 16.7 Å². The molecule has 0 aliphatic rings. The minimum Gasteiger partial charge on any atom is -0.456 e. The second-order valence-corrected chi connectivity index (χ2v) is 5.16. The second-order valence-electron chi connectivity index (χ2n) is 4.30. The summed E-state index contributed by atoms with van der Waals surface area (Å²) in [6.07, 6.45) is 1.57. The first-order valence-electron chi connectivity index (χ1n) is 4.90. The van der Waals surface area contributed by atoms with Gasteiger partial charge in [-0.3, -0.25) is 0 Å². The van der Waals surface area contributed by atoms with Gasteiger partial charge in [0.1, 0.15) is 11.4 Å². The molecule has 0 spiro atoms. The number of nitrogens with one attached hydrogen (secondary N) is 1. The lowest BCUT2D eigenvalue weighted by Gasteiger charge is -2.20. The maximum atomic E-state index is 11.8. The van der Waals surface area contributed by atoms with Crippen molar-refractivity contribution in [2.45, 2.75) is 26.4 Å². The fraction of sp³-hybridized carbons (Fsp3) is 0.455. The molecule has 0 aliphatic heterocycles. The van der Waals surface area contributed by atoms with Gasteiger partial charge in [0.15, 0.2) is 0 Å². The van der Waals surface area contributed by atoms with Gasteiger partial charge in [0.2, 0.25) is 0 Å². The Labute approximate surface area is 104 Å². The molecule has 16 heavy (non-hydrogen) atoms. The summed E-state index contributed by atoms with van der Waals surface area (Å²) in [5.74, 6) is 0.266. The molecule has 5 heteroatoms. The van der Waals surface area contributed by atoms with Gasteiger partial charge in [0.05, 0.1) is 10.0 Å². The molecular weight excluding hydrogens is 272 g/mol. The van der Waals surface area contributed by atoms with Gasteiger partial charge in [-0.15, -0.1) is 0 Å². The van der Waals surface area contributed by atoms with E-state index < -0.39 is 5.60 Å². The summed E-state index contributed by atoms with van der Waals surface area (Å²) in [5.41, 5.74) is -0.0335. The van der Waals surface area contributed by atoms with E-state index in [1.807, 2.05) is 20.8 Å². The lowest BCUT2D eigenvalue weighted by molar-refractivity contribution is 0.00684.